The smallest absolute Gasteiger partial charge is 0.214 e. The maximum Gasteiger partial charge on any atom is 0.214 e. The van der Waals surface area contributed by atoms with Crippen molar-refractivity contribution in [2.45, 2.75) is 0 Å². The largest absolute Gasteiger partial charge is 0.287 e. The minimum Gasteiger partial charge on any atom is -0.287 e. The van der Waals surface area contributed by atoms with Gasteiger partial charge in [-0.3, -0.25) is 4.79 Å². The number of benzene rings is 1. The van der Waals surface area contributed by atoms with E-state index >= 15 is 0 Å². The first-order chi connectivity index (χ1) is 8.65. The summed E-state index contributed by atoms with van der Waals surface area (Å²) in [6.45, 7) is 0. The average molecular weight is 297 g/mol. The lowest BCUT2D eigenvalue weighted by Gasteiger charge is -1.93. The molecule has 0 N–H and O–H groups in total. The second kappa shape index (κ2) is 4.46. The Balaban J connectivity index is 2.10. The summed E-state index contributed by atoms with van der Waals surface area (Å²) in [7, 11) is 0. The van der Waals surface area contributed by atoms with Gasteiger partial charge in [0.25, 0.3) is 0 Å². The number of ketones is 1. The van der Waals surface area contributed by atoms with Crippen LogP contribution in [0.1, 0.15) is 14.5 Å². The van der Waals surface area contributed by atoms with E-state index in [-0.39, 0.29) is 11.6 Å². The Bertz CT molecular complexity index is 744. The van der Waals surface area contributed by atoms with Gasteiger partial charge in [-0.2, -0.15) is 0 Å². The SMILES string of the molecule is O=C(c1cc2cc(F)ccc2s1)c1sccc1Cl. The van der Waals surface area contributed by atoms with Crippen molar-refractivity contribution in [1.82, 2.24) is 0 Å². The molecule has 90 valence electrons. The van der Waals surface area contributed by atoms with Gasteiger partial charge < -0.3 is 0 Å². The van der Waals surface area contributed by atoms with E-state index in [9.17, 15) is 9.18 Å². The quantitative estimate of drug-likeness (QED) is 0.609. The molecule has 2 aromatic heterocycles. The summed E-state index contributed by atoms with van der Waals surface area (Å²) in [5.41, 5.74) is 0. The van der Waals surface area contributed by atoms with Gasteiger partial charge in [0, 0.05) is 4.70 Å². The zero-order chi connectivity index (χ0) is 12.7. The van der Waals surface area contributed by atoms with Crippen molar-refractivity contribution in [3.8, 4) is 0 Å². The van der Waals surface area contributed by atoms with Gasteiger partial charge in [-0.25, -0.2) is 4.39 Å². The first kappa shape index (κ1) is 11.8. The Hall–Kier alpha value is -1.23. The molecule has 0 aliphatic rings. The van der Waals surface area contributed by atoms with Crippen LogP contribution in [0, 0.1) is 5.82 Å². The fourth-order valence-corrected chi connectivity index (χ4v) is 3.84. The Morgan fingerprint density at radius 1 is 1.22 bits per heavy atom. The molecule has 0 spiro atoms. The molecule has 18 heavy (non-hydrogen) atoms. The van der Waals surface area contributed by atoms with Crippen molar-refractivity contribution in [2.24, 2.45) is 0 Å². The van der Waals surface area contributed by atoms with Crippen LogP contribution in [0.5, 0.6) is 0 Å². The van der Waals surface area contributed by atoms with Crippen LogP contribution in [0.2, 0.25) is 5.02 Å². The first-order valence-electron chi connectivity index (χ1n) is 5.12. The van der Waals surface area contributed by atoms with Crippen LogP contribution < -0.4 is 0 Å². The number of fused-ring (bicyclic) bond motifs is 1. The van der Waals surface area contributed by atoms with Crippen molar-refractivity contribution < 1.29 is 9.18 Å². The molecule has 2 heterocycles. The number of carbonyl (C=O) groups is 1. The van der Waals surface area contributed by atoms with E-state index in [1.165, 1.54) is 34.8 Å². The third-order valence-corrected chi connectivity index (χ3v) is 4.98. The highest BCUT2D eigenvalue weighted by Gasteiger charge is 2.17. The van der Waals surface area contributed by atoms with Crippen molar-refractivity contribution in [3.63, 3.8) is 0 Å². The molecule has 0 unspecified atom stereocenters. The molecule has 5 heteroatoms. The van der Waals surface area contributed by atoms with Crippen LogP contribution in [-0.2, 0) is 0 Å². The van der Waals surface area contributed by atoms with Crippen LogP contribution in [-0.4, -0.2) is 5.78 Å². The molecule has 1 aromatic carbocycles. The second-order valence-electron chi connectivity index (χ2n) is 3.72. The molecule has 0 saturated heterocycles. The molecule has 0 atom stereocenters. The topological polar surface area (TPSA) is 17.1 Å². The molecule has 0 aliphatic carbocycles. The lowest BCUT2D eigenvalue weighted by atomic mass is 10.2. The molecule has 3 aromatic rings. The predicted octanol–water partition coefficient (Wildman–Crippen LogP) is 4.99. The van der Waals surface area contributed by atoms with Crippen LogP contribution in [0.15, 0.2) is 35.7 Å². The normalized spacial score (nSPS) is 11.0. The van der Waals surface area contributed by atoms with E-state index in [4.69, 9.17) is 11.6 Å². The van der Waals surface area contributed by atoms with Gasteiger partial charge in [0.1, 0.15) is 5.82 Å². The third-order valence-electron chi connectivity index (χ3n) is 2.53. The second-order valence-corrected chi connectivity index (χ2v) is 6.13. The van der Waals surface area contributed by atoms with E-state index in [0.29, 0.717) is 14.8 Å². The highest BCUT2D eigenvalue weighted by molar-refractivity contribution is 7.22. The van der Waals surface area contributed by atoms with Gasteiger partial charge in [0.05, 0.1) is 14.8 Å². The molecule has 0 fully saturated rings. The van der Waals surface area contributed by atoms with E-state index in [0.717, 1.165) is 10.1 Å². The van der Waals surface area contributed by atoms with Crippen molar-refractivity contribution >= 4 is 50.1 Å². The Labute approximate surface area is 115 Å². The summed E-state index contributed by atoms with van der Waals surface area (Å²) in [6.07, 6.45) is 0. The highest BCUT2D eigenvalue weighted by Crippen LogP contribution is 2.31. The standard InChI is InChI=1S/C13H6ClFOS2/c14-9-3-4-17-13(9)12(16)11-6-7-5-8(15)1-2-10(7)18-11/h1-6H. The lowest BCUT2D eigenvalue weighted by molar-refractivity contribution is 0.104. The van der Waals surface area contributed by atoms with Gasteiger partial charge in [-0.1, -0.05) is 11.6 Å². The maximum absolute atomic E-state index is 13.1. The number of halogens is 2. The minimum atomic E-state index is -0.298. The van der Waals surface area contributed by atoms with Gasteiger partial charge in [0.15, 0.2) is 0 Å². The van der Waals surface area contributed by atoms with E-state index in [1.54, 1.807) is 23.6 Å². The molecule has 3 rings (SSSR count). The van der Waals surface area contributed by atoms with Gasteiger partial charge in [0.2, 0.25) is 5.78 Å². The van der Waals surface area contributed by atoms with Gasteiger partial charge in [-0.05, 0) is 41.1 Å². The fraction of sp³-hybridized carbons (Fsp3) is 0. The predicted molar refractivity (Wildman–Crippen MR) is 74.5 cm³/mol. The summed E-state index contributed by atoms with van der Waals surface area (Å²) in [5.74, 6) is -0.398. The zero-order valence-electron chi connectivity index (χ0n) is 8.94. The molecule has 0 radical (unpaired) electrons. The van der Waals surface area contributed by atoms with Crippen LogP contribution in [0.3, 0.4) is 0 Å². The van der Waals surface area contributed by atoms with E-state index in [1.807, 2.05) is 0 Å². The summed E-state index contributed by atoms with van der Waals surface area (Å²) in [5, 5.41) is 2.99. The minimum absolute atomic E-state index is 0.100. The fourth-order valence-electron chi connectivity index (χ4n) is 1.69. The van der Waals surface area contributed by atoms with Crippen LogP contribution >= 0.6 is 34.3 Å². The number of carbonyl (C=O) groups excluding carboxylic acids is 1. The monoisotopic (exact) mass is 296 g/mol. The number of hydrogen-bond donors (Lipinski definition) is 0. The molecular formula is C13H6ClFOS2. The van der Waals surface area contributed by atoms with Gasteiger partial charge >= 0.3 is 0 Å². The number of rotatable bonds is 2. The van der Waals surface area contributed by atoms with Crippen molar-refractivity contribution in [1.29, 1.82) is 0 Å². The van der Waals surface area contributed by atoms with Crippen molar-refractivity contribution in [2.75, 3.05) is 0 Å². The summed E-state index contributed by atoms with van der Waals surface area (Å²) in [6, 6.07) is 7.92. The Morgan fingerprint density at radius 3 is 2.78 bits per heavy atom. The Morgan fingerprint density at radius 2 is 2.06 bits per heavy atom. The van der Waals surface area contributed by atoms with E-state index < -0.39 is 0 Å². The molecule has 0 bridgehead atoms. The highest BCUT2D eigenvalue weighted by atomic mass is 35.5. The summed E-state index contributed by atoms with van der Waals surface area (Å²) in [4.78, 5) is 13.3. The van der Waals surface area contributed by atoms with Gasteiger partial charge in [-0.15, -0.1) is 22.7 Å². The molecular weight excluding hydrogens is 291 g/mol. The lowest BCUT2D eigenvalue weighted by Crippen LogP contribution is -1.95. The van der Waals surface area contributed by atoms with E-state index in [2.05, 4.69) is 0 Å². The summed E-state index contributed by atoms with van der Waals surface area (Å²) < 4.78 is 14.0. The molecule has 1 nitrogen and oxygen atoms in total. The molecule has 0 aliphatic heterocycles. The van der Waals surface area contributed by atoms with Crippen molar-refractivity contribution in [3.05, 3.63) is 56.3 Å². The molecule has 0 saturated carbocycles. The first-order valence-corrected chi connectivity index (χ1v) is 7.19. The van der Waals surface area contributed by atoms with Crippen LogP contribution in [0.4, 0.5) is 4.39 Å². The number of thiophene rings is 2. The molecule has 0 amide bonds. The summed E-state index contributed by atoms with van der Waals surface area (Å²) >= 11 is 8.61. The Kier molecular flexibility index (Phi) is 2.93. The average Bonchev–Trinajstić information content (AvgIpc) is 2.93. The maximum atomic E-state index is 13.1. The van der Waals surface area contributed by atoms with Crippen LogP contribution in [0.25, 0.3) is 10.1 Å². The number of hydrogen-bond acceptors (Lipinski definition) is 3. The zero-order valence-corrected chi connectivity index (χ0v) is 11.3. The third kappa shape index (κ3) is 1.96.